The zero-order valence-corrected chi connectivity index (χ0v) is 7.66. The van der Waals surface area contributed by atoms with Crippen molar-refractivity contribution in [1.29, 1.82) is 0 Å². The average molecular weight is 213 g/mol. The van der Waals surface area contributed by atoms with E-state index in [1.807, 2.05) is 0 Å². The van der Waals surface area contributed by atoms with E-state index in [1.54, 1.807) is 0 Å². The molecule has 0 spiro atoms. The van der Waals surface area contributed by atoms with Crippen LogP contribution >= 0.6 is 0 Å². The van der Waals surface area contributed by atoms with Crippen LogP contribution in [0.25, 0.3) is 0 Å². The second kappa shape index (κ2) is 4.16. The summed E-state index contributed by atoms with van der Waals surface area (Å²) in [5, 5.41) is 36.2. The van der Waals surface area contributed by atoms with Crippen LogP contribution in [0.1, 0.15) is 11.7 Å². The van der Waals surface area contributed by atoms with Crippen molar-refractivity contribution in [3.8, 4) is 5.75 Å². The van der Waals surface area contributed by atoms with Gasteiger partial charge in [0.1, 0.15) is 11.9 Å². The molecule has 82 valence electrons. The largest absolute Gasteiger partial charge is 0.508 e. The highest BCUT2D eigenvalue weighted by molar-refractivity contribution is 5.73. The number of benzene rings is 1. The zero-order chi connectivity index (χ0) is 11.6. The molecule has 0 saturated carbocycles. The van der Waals surface area contributed by atoms with Crippen LogP contribution in [0.15, 0.2) is 18.2 Å². The predicted molar refractivity (Wildman–Crippen MR) is 51.1 cm³/mol. The quantitative estimate of drug-likeness (QED) is 0.339. The van der Waals surface area contributed by atoms with Crippen molar-refractivity contribution in [1.82, 2.24) is 0 Å². The van der Waals surface area contributed by atoms with Crippen molar-refractivity contribution in [2.24, 2.45) is 0 Å². The Morgan fingerprint density at radius 3 is 2.47 bits per heavy atom. The van der Waals surface area contributed by atoms with Gasteiger partial charge >= 0.3 is 5.97 Å². The summed E-state index contributed by atoms with van der Waals surface area (Å²) in [5.41, 5.74) is 5.52. The van der Waals surface area contributed by atoms with Crippen molar-refractivity contribution >= 4 is 11.7 Å². The van der Waals surface area contributed by atoms with Gasteiger partial charge in [-0.15, -0.1) is 0 Å². The number of carbonyl (C=O) groups is 1. The van der Waals surface area contributed by atoms with Crippen LogP contribution < -0.4 is 5.73 Å². The highest BCUT2D eigenvalue weighted by atomic mass is 16.4. The van der Waals surface area contributed by atoms with Crippen LogP contribution in [-0.4, -0.2) is 32.5 Å². The lowest BCUT2D eigenvalue weighted by atomic mass is 10.0. The van der Waals surface area contributed by atoms with Crippen LogP contribution in [0.2, 0.25) is 0 Å². The number of carboxylic acid groups (broad SMARTS) is 1. The Labute approximate surface area is 85.2 Å². The molecule has 0 amide bonds. The molecule has 1 aromatic rings. The molecular formula is C9H11NO5. The molecule has 0 aromatic heterocycles. The molecule has 0 aliphatic carbocycles. The lowest BCUT2D eigenvalue weighted by molar-refractivity contribution is -0.153. The van der Waals surface area contributed by atoms with Crippen LogP contribution in [0.4, 0.5) is 5.69 Å². The average Bonchev–Trinajstić information content (AvgIpc) is 2.19. The number of phenolic OH excluding ortho intramolecular Hbond substituents is 1. The van der Waals surface area contributed by atoms with Gasteiger partial charge in [-0.3, -0.25) is 0 Å². The van der Waals surface area contributed by atoms with E-state index in [2.05, 4.69) is 0 Å². The number of phenols is 1. The zero-order valence-electron chi connectivity index (χ0n) is 7.66. The first kappa shape index (κ1) is 11.3. The minimum Gasteiger partial charge on any atom is -0.508 e. The topological polar surface area (TPSA) is 124 Å². The molecule has 0 radical (unpaired) electrons. The van der Waals surface area contributed by atoms with Crippen molar-refractivity contribution < 1.29 is 25.2 Å². The lowest BCUT2D eigenvalue weighted by Crippen LogP contribution is -2.27. The second-order valence-corrected chi connectivity index (χ2v) is 3.05. The summed E-state index contributed by atoms with van der Waals surface area (Å²) < 4.78 is 0. The minimum absolute atomic E-state index is 0.120. The van der Waals surface area contributed by atoms with E-state index < -0.39 is 18.2 Å². The molecule has 1 rings (SSSR count). The molecule has 0 aliphatic heterocycles. The van der Waals surface area contributed by atoms with E-state index in [1.165, 1.54) is 18.2 Å². The standard InChI is InChI=1S/C9H11NO5/c10-4-1-2-6(11)5(3-4)7(12)8(13)9(14)15/h1-3,7-8,11-13H,10H2,(H,14,15). The smallest absolute Gasteiger partial charge is 0.335 e. The number of hydrogen-bond donors (Lipinski definition) is 5. The Balaban J connectivity index is 3.04. The summed E-state index contributed by atoms with van der Waals surface area (Å²) in [6.07, 6.45) is -3.72. The first-order valence-corrected chi connectivity index (χ1v) is 4.11. The van der Waals surface area contributed by atoms with Crippen molar-refractivity contribution in [3.63, 3.8) is 0 Å². The fourth-order valence-electron chi connectivity index (χ4n) is 1.12. The summed E-state index contributed by atoms with van der Waals surface area (Å²) in [4.78, 5) is 10.4. The molecule has 15 heavy (non-hydrogen) atoms. The molecule has 6 N–H and O–H groups in total. The molecule has 2 unspecified atom stereocenters. The first-order valence-electron chi connectivity index (χ1n) is 4.11. The second-order valence-electron chi connectivity index (χ2n) is 3.05. The van der Waals surface area contributed by atoms with Crippen LogP contribution in [0.5, 0.6) is 5.75 Å². The van der Waals surface area contributed by atoms with Gasteiger partial charge in [0.25, 0.3) is 0 Å². The third-order valence-electron chi connectivity index (χ3n) is 1.92. The van der Waals surface area contributed by atoms with Crippen molar-refractivity contribution in [3.05, 3.63) is 23.8 Å². The van der Waals surface area contributed by atoms with Crippen LogP contribution in [0, 0.1) is 0 Å². The highest BCUT2D eigenvalue weighted by Gasteiger charge is 2.27. The van der Waals surface area contributed by atoms with Gasteiger partial charge < -0.3 is 26.2 Å². The fourth-order valence-corrected chi connectivity index (χ4v) is 1.12. The Morgan fingerprint density at radius 2 is 1.93 bits per heavy atom. The lowest BCUT2D eigenvalue weighted by Gasteiger charge is -2.15. The van der Waals surface area contributed by atoms with Gasteiger partial charge in [-0.25, -0.2) is 4.79 Å². The maximum absolute atomic E-state index is 10.4. The number of hydrogen-bond acceptors (Lipinski definition) is 5. The molecule has 0 saturated heterocycles. The van der Waals surface area contributed by atoms with E-state index in [4.69, 9.17) is 15.9 Å². The van der Waals surface area contributed by atoms with Gasteiger partial charge in [0.15, 0.2) is 6.10 Å². The van der Waals surface area contributed by atoms with Gasteiger partial charge in [-0.05, 0) is 18.2 Å². The minimum atomic E-state index is -2.00. The Hall–Kier alpha value is -1.79. The van der Waals surface area contributed by atoms with Crippen LogP contribution in [-0.2, 0) is 4.79 Å². The third kappa shape index (κ3) is 2.36. The summed E-state index contributed by atoms with van der Waals surface area (Å²) in [6.45, 7) is 0. The molecule has 0 aliphatic rings. The fraction of sp³-hybridized carbons (Fsp3) is 0.222. The SMILES string of the molecule is Nc1ccc(O)c(C(O)C(O)C(=O)O)c1. The molecule has 6 nitrogen and oxygen atoms in total. The maximum Gasteiger partial charge on any atom is 0.335 e. The van der Waals surface area contributed by atoms with Crippen molar-refractivity contribution in [2.75, 3.05) is 5.73 Å². The molecular weight excluding hydrogens is 202 g/mol. The highest BCUT2D eigenvalue weighted by Crippen LogP contribution is 2.28. The molecule has 0 fully saturated rings. The number of carboxylic acids is 1. The van der Waals surface area contributed by atoms with E-state index in [9.17, 15) is 15.0 Å². The molecule has 0 bridgehead atoms. The van der Waals surface area contributed by atoms with Gasteiger partial charge in [0.2, 0.25) is 0 Å². The number of aromatic hydroxyl groups is 1. The van der Waals surface area contributed by atoms with E-state index in [0.29, 0.717) is 0 Å². The number of nitrogen functional groups attached to an aromatic ring is 1. The van der Waals surface area contributed by atoms with Gasteiger partial charge in [0.05, 0.1) is 0 Å². The molecule has 0 heterocycles. The Bertz CT molecular complexity index is 379. The summed E-state index contributed by atoms with van der Waals surface area (Å²) in [7, 11) is 0. The molecule has 6 heteroatoms. The number of aliphatic hydroxyl groups excluding tert-OH is 2. The number of nitrogens with two attached hydrogens (primary N) is 1. The normalized spacial score (nSPS) is 14.5. The molecule has 1 aromatic carbocycles. The van der Waals surface area contributed by atoms with E-state index in [-0.39, 0.29) is 17.0 Å². The van der Waals surface area contributed by atoms with Crippen molar-refractivity contribution in [2.45, 2.75) is 12.2 Å². The number of aliphatic carboxylic acids is 1. The van der Waals surface area contributed by atoms with Gasteiger partial charge in [0, 0.05) is 11.3 Å². The van der Waals surface area contributed by atoms with Gasteiger partial charge in [-0.1, -0.05) is 0 Å². The number of rotatable bonds is 3. The Morgan fingerprint density at radius 1 is 1.33 bits per heavy atom. The predicted octanol–water partition coefficient (Wildman–Crippen LogP) is -0.547. The summed E-state index contributed by atoms with van der Waals surface area (Å²) in [5.74, 6) is -1.90. The maximum atomic E-state index is 10.4. The number of anilines is 1. The number of aliphatic hydroxyl groups is 2. The summed E-state index contributed by atoms with van der Waals surface area (Å²) in [6, 6.07) is 3.80. The monoisotopic (exact) mass is 213 g/mol. The summed E-state index contributed by atoms with van der Waals surface area (Å²) >= 11 is 0. The van der Waals surface area contributed by atoms with Gasteiger partial charge in [-0.2, -0.15) is 0 Å². The van der Waals surface area contributed by atoms with E-state index in [0.717, 1.165) is 0 Å². The third-order valence-corrected chi connectivity index (χ3v) is 1.92. The molecule has 2 atom stereocenters. The van der Waals surface area contributed by atoms with Crippen LogP contribution in [0.3, 0.4) is 0 Å². The van der Waals surface area contributed by atoms with E-state index >= 15 is 0 Å². The Kier molecular flexibility index (Phi) is 3.13. The first-order chi connectivity index (χ1) is 6.93.